The van der Waals surface area contributed by atoms with Gasteiger partial charge in [-0.05, 0) is 37.0 Å². The minimum absolute atomic E-state index is 0.413. The van der Waals surface area contributed by atoms with E-state index in [1.54, 1.807) is 0 Å². The van der Waals surface area contributed by atoms with Gasteiger partial charge in [0.25, 0.3) is 0 Å². The zero-order valence-electron chi connectivity index (χ0n) is 12.0. The number of benzene rings is 1. The predicted molar refractivity (Wildman–Crippen MR) is 77.7 cm³/mol. The van der Waals surface area contributed by atoms with Gasteiger partial charge in [-0.15, -0.1) is 0 Å². The quantitative estimate of drug-likeness (QED) is 0.942. The molecule has 1 aromatic heterocycles. The van der Waals surface area contributed by atoms with Gasteiger partial charge >= 0.3 is 0 Å². The van der Waals surface area contributed by atoms with Crippen LogP contribution in [-0.4, -0.2) is 16.7 Å². The van der Waals surface area contributed by atoms with Crippen molar-refractivity contribution < 1.29 is 14.2 Å². The molecule has 1 aliphatic rings. The largest absolute Gasteiger partial charge is 0.493 e. The van der Waals surface area contributed by atoms with Crippen LogP contribution >= 0.6 is 0 Å². The third-order valence-corrected chi connectivity index (χ3v) is 4.04. The Morgan fingerprint density at radius 3 is 2.90 bits per heavy atom. The molecule has 1 N–H and O–H groups in total. The van der Waals surface area contributed by atoms with Gasteiger partial charge in [0.05, 0.1) is 18.5 Å². The first-order valence-electron chi connectivity index (χ1n) is 7.24. The highest BCUT2D eigenvalue weighted by molar-refractivity contribution is 5.48. The van der Waals surface area contributed by atoms with Gasteiger partial charge in [-0.1, -0.05) is 25.1 Å². The van der Waals surface area contributed by atoms with Gasteiger partial charge < -0.3 is 9.84 Å². The van der Waals surface area contributed by atoms with E-state index >= 15 is 0 Å². The minimum Gasteiger partial charge on any atom is -0.493 e. The van der Waals surface area contributed by atoms with Gasteiger partial charge in [0, 0.05) is 5.56 Å². The molecule has 21 heavy (non-hydrogen) atoms. The van der Waals surface area contributed by atoms with Crippen LogP contribution in [0.15, 0.2) is 36.5 Å². The SMILES string of the molecule is CCC(O)(c1ccc(F)cn1)c1cccc2c1OCCC2. The number of rotatable bonds is 3. The number of aryl methyl sites for hydroxylation is 1. The van der Waals surface area contributed by atoms with Crippen molar-refractivity contribution in [3.05, 3.63) is 59.2 Å². The smallest absolute Gasteiger partial charge is 0.141 e. The molecule has 1 aliphatic heterocycles. The average Bonchev–Trinajstić information content (AvgIpc) is 2.54. The van der Waals surface area contributed by atoms with E-state index in [0.717, 1.165) is 30.4 Å². The third-order valence-electron chi connectivity index (χ3n) is 4.04. The van der Waals surface area contributed by atoms with Crippen molar-refractivity contribution in [1.29, 1.82) is 0 Å². The van der Waals surface area contributed by atoms with E-state index < -0.39 is 11.4 Å². The Morgan fingerprint density at radius 1 is 1.33 bits per heavy atom. The van der Waals surface area contributed by atoms with Crippen molar-refractivity contribution in [2.45, 2.75) is 31.8 Å². The molecule has 3 rings (SSSR count). The number of ether oxygens (including phenoxy) is 1. The highest BCUT2D eigenvalue weighted by Crippen LogP contribution is 2.40. The fourth-order valence-corrected chi connectivity index (χ4v) is 2.84. The van der Waals surface area contributed by atoms with Crippen LogP contribution in [0.4, 0.5) is 4.39 Å². The van der Waals surface area contributed by atoms with E-state index in [9.17, 15) is 9.50 Å². The van der Waals surface area contributed by atoms with E-state index in [0.29, 0.717) is 24.3 Å². The van der Waals surface area contributed by atoms with Crippen LogP contribution in [0, 0.1) is 5.82 Å². The number of aromatic nitrogens is 1. The molecule has 2 heterocycles. The van der Waals surface area contributed by atoms with Crippen molar-refractivity contribution in [1.82, 2.24) is 4.98 Å². The summed E-state index contributed by atoms with van der Waals surface area (Å²) in [5, 5.41) is 11.1. The fraction of sp³-hybridized carbons (Fsp3) is 0.353. The van der Waals surface area contributed by atoms with Gasteiger partial charge in [0.1, 0.15) is 17.2 Å². The van der Waals surface area contributed by atoms with E-state index in [2.05, 4.69) is 4.98 Å². The van der Waals surface area contributed by atoms with Crippen molar-refractivity contribution in [2.24, 2.45) is 0 Å². The second-order valence-electron chi connectivity index (χ2n) is 5.32. The number of aliphatic hydroxyl groups is 1. The van der Waals surface area contributed by atoms with Crippen LogP contribution < -0.4 is 4.74 Å². The Bertz CT molecular complexity index is 642. The first-order valence-corrected chi connectivity index (χ1v) is 7.24. The summed E-state index contributed by atoms with van der Waals surface area (Å²) < 4.78 is 18.9. The molecular weight excluding hydrogens is 269 g/mol. The maximum absolute atomic E-state index is 13.1. The summed E-state index contributed by atoms with van der Waals surface area (Å²) in [7, 11) is 0. The lowest BCUT2D eigenvalue weighted by Gasteiger charge is -2.31. The monoisotopic (exact) mass is 287 g/mol. The number of nitrogens with zero attached hydrogens (tertiary/aromatic N) is 1. The summed E-state index contributed by atoms with van der Waals surface area (Å²) in [4.78, 5) is 4.07. The topological polar surface area (TPSA) is 42.4 Å². The number of fused-ring (bicyclic) bond motifs is 1. The molecular formula is C17H18FNO2. The molecule has 1 unspecified atom stereocenters. The Morgan fingerprint density at radius 2 is 2.19 bits per heavy atom. The predicted octanol–water partition coefficient (Wildman–Crippen LogP) is 3.19. The number of para-hydroxylation sites is 1. The van der Waals surface area contributed by atoms with E-state index in [1.165, 1.54) is 12.1 Å². The van der Waals surface area contributed by atoms with Gasteiger partial charge in [-0.2, -0.15) is 0 Å². The molecule has 1 aromatic carbocycles. The van der Waals surface area contributed by atoms with Crippen LogP contribution in [0.5, 0.6) is 5.75 Å². The molecule has 0 amide bonds. The number of pyridine rings is 1. The van der Waals surface area contributed by atoms with Gasteiger partial charge in [-0.3, -0.25) is 4.98 Å². The van der Waals surface area contributed by atoms with Crippen LogP contribution in [0.3, 0.4) is 0 Å². The van der Waals surface area contributed by atoms with Gasteiger partial charge in [0.15, 0.2) is 0 Å². The van der Waals surface area contributed by atoms with Gasteiger partial charge in [0.2, 0.25) is 0 Å². The molecule has 0 saturated carbocycles. The summed E-state index contributed by atoms with van der Waals surface area (Å²) in [5.74, 6) is 0.336. The van der Waals surface area contributed by atoms with Crippen molar-refractivity contribution >= 4 is 0 Å². The molecule has 0 bridgehead atoms. The summed E-state index contributed by atoms with van der Waals surface area (Å²) in [6, 6.07) is 8.65. The molecule has 1 atom stereocenters. The molecule has 0 spiro atoms. The van der Waals surface area contributed by atoms with Crippen LogP contribution in [0.25, 0.3) is 0 Å². The third kappa shape index (κ3) is 2.40. The highest BCUT2D eigenvalue weighted by Gasteiger charge is 2.35. The highest BCUT2D eigenvalue weighted by atomic mass is 19.1. The first kappa shape index (κ1) is 14.0. The zero-order chi connectivity index (χ0) is 14.9. The Kier molecular flexibility index (Phi) is 3.64. The second-order valence-corrected chi connectivity index (χ2v) is 5.32. The van der Waals surface area contributed by atoms with Crippen molar-refractivity contribution in [3.8, 4) is 5.75 Å². The molecule has 3 nitrogen and oxygen atoms in total. The second kappa shape index (κ2) is 5.45. The Balaban J connectivity index is 2.13. The van der Waals surface area contributed by atoms with E-state index in [-0.39, 0.29) is 0 Å². The van der Waals surface area contributed by atoms with Gasteiger partial charge in [-0.25, -0.2) is 4.39 Å². The molecule has 0 aliphatic carbocycles. The molecule has 0 radical (unpaired) electrons. The molecule has 4 heteroatoms. The summed E-state index contributed by atoms with van der Waals surface area (Å²) in [5.41, 5.74) is 0.985. The normalized spacial score (nSPS) is 16.7. The fourth-order valence-electron chi connectivity index (χ4n) is 2.84. The maximum Gasteiger partial charge on any atom is 0.141 e. The summed E-state index contributed by atoms with van der Waals surface area (Å²) in [6.07, 6.45) is 3.49. The van der Waals surface area contributed by atoms with Crippen LogP contribution in [-0.2, 0) is 12.0 Å². The Hall–Kier alpha value is -1.94. The number of halogens is 1. The lowest BCUT2D eigenvalue weighted by molar-refractivity contribution is 0.0673. The molecule has 0 saturated heterocycles. The van der Waals surface area contributed by atoms with Crippen molar-refractivity contribution in [2.75, 3.05) is 6.61 Å². The Labute approximate surface area is 123 Å². The van der Waals surface area contributed by atoms with Crippen LogP contribution in [0.1, 0.15) is 36.6 Å². The van der Waals surface area contributed by atoms with E-state index in [1.807, 2.05) is 25.1 Å². The lowest BCUT2D eigenvalue weighted by Crippen LogP contribution is -2.29. The van der Waals surface area contributed by atoms with Crippen LogP contribution in [0.2, 0.25) is 0 Å². The maximum atomic E-state index is 13.1. The zero-order valence-corrected chi connectivity index (χ0v) is 12.0. The average molecular weight is 287 g/mol. The summed E-state index contributed by atoms with van der Waals surface area (Å²) in [6.45, 7) is 2.54. The molecule has 2 aromatic rings. The summed E-state index contributed by atoms with van der Waals surface area (Å²) >= 11 is 0. The molecule has 0 fully saturated rings. The standard InChI is InChI=1S/C17H18FNO2/c1-2-17(20,15-9-8-13(18)11-19-15)14-7-3-5-12-6-4-10-21-16(12)14/h3,5,7-9,11,20H,2,4,6,10H2,1H3. The molecule has 110 valence electrons. The number of hydrogen-bond acceptors (Lipinski definition) is 3. The van der Waals surface area contributed by atoms with E-state index in [4.69, 9.17) is 4.74 Å². The van der Waals surface area contributed by atoms with Crippen molar-refractivity contribution in [3.63, 3.8) is 0 Å². The minimum atomic E-state index is -1.27. The lowest BCUT2D eigenvalue weighted by atomic mass is 9.84. The first-order chi connectivity index (χ1) is 10.1. The number of hydrogen-bond donors (Lipinski definition) is 1.